The molecule has 2 N–H and O–H groups in total. The van der Waals surface area contributed by atoms with Gasteiger partial charge in [-0.25, -0.2) is 9.07 Å². The Labute approximate surface area is 122 Å². The summed E-state index contributed by atoms with van der Waals surface area (Å²) in [6.45, 7) is 2.23. The van der Waals surface area contributed by atoms with Gasteiger partial charge in [-0.05, 0) is 30.5 Å². The number of anilines is 2. The minimum atomic E-state index is -0.275. The highest BCUT2D eigenvalue weighted by Crippen LogP contribution is 2.27. The van der Waals surface area contributed by atoms with Gasteiger partial charge in [0.1, 0.15) is 23.3 Å². The van der Waals surface area contributed by atoms with E-state index in [1.807, 2.05) is 0 Å². The average Bonchev–Trinajstić information content (AvgIpc) is 3.10. The summed E-state index contributed by atoms with van der Waals surface area (Å²) in [6.07, 6.45) is 2.21. The Balaban J connectivity index is 1.92. The minimum absolute atomic E-state index is 0.275. The molecule has 1 fully saturated rings. The van der Waals surface area contributed by atoms with Crippen molar-refractivity contribution in [1.82, 2.24) is 9.78 Å². The number of rotatable bonds is 3. The van der Waals surface area contributed by atoms with Crippen molar-refractivity contribution < 1.29 is 4.39 Å². The Morgan fingerprint density at radius 1 is 1.24 bits per heavy atom. The van der Waals surface area contributed by atoms with E-state index in [4.69, 9.17) is 5.73 Å². The average molecular weight is 285 g/mol. The van der Waals surface area contributed by atoms with Gasteiger partial charge in [0.15, 0.2) is 5.82 Å². The highest BCUT2D eigenvalue weighted by atomic mass is 19.1. The largest absolute Gasteiger partial charge is 0.383 e. The molecule has 0 bridgehead atoms. The second kappa shape index (κ2) is 5.44. The van der Waals surface area contributed by atoms with Gasteiger partial charge in [-0.3, -0.25) is 0 Å². The Morgan fingerprint density at radius 2 is 1.90 bits per heavy atom. The van der Waals surface area contributed by atoms with Crippen LogP contribution in [0.1, 0.15) is 24.0 Å². The second-order valence-electron chi connectivity index (χ2n) is 5.17. The molecule has 0 radical (unpaired) electrons. The predicted octanol–water partition coefficient (Wildman–Crippen LogP) is 2.12. The lowest BCUT2D eigenvalue weighted by Gasteiger charge is -2.13. The molecular weight excluding hydrogens is 269 g/mol. The van der Waals surface area contributed by atoms with Crippen LogP contribution in [-0.4, -0.2) is 22.9 Å². The third kappa shape index (κ3) is 2.55. The lowest BCUT2D eigenvalue weighted by atomic mass is 10.2. The predicted molar refractivity (Wildman–Crippen MR) is 78.3 cm³/mol. The number of benzene rings is 1. The third-order valence-electron chi connectivity index (χ3n) is 3.74. The summed E-state index contributed by atoms with van der Waals surface area (Å²) in [6, 6.07) is 8.34. The first-order valence-corrected chi connectivity index (χ1v) is 6.95. The molecule has 2 heterocycles. The molecular formula is C15H16FN5. The summed E-state index contributed by atoms with van der Waals surface area (Å²) in [4.78, 5) is 2.09. The molecule has 0 amide bonds. The van der Waals surface area contributed by atoms with Gasteiger partial charge >= 0.3 is 0 Å². The van der Waals surface area contributed by atoms with Gasteiger partial charge in [-0.1, -0.05) is 12.1 Å². The zero-order valence-electron chi connectivity index (χ0n) is 11.6. The van der Waals surface area contributed by atoms with E-state index in [1.54, 1.807) is 16.8 Å². The highest BCUT2D eigenvalue weighted by Gasteiger charge is 2.23. The Morgan fingerprint density at radius 3 is 2.52 bits per heavy atom. The van der Waals surface area contributed by atoms with Crippen LogP contribution >= 0.6 is 0 Å². The number of hydrogen-bond donors (Lipinski definition) is 1. The molecule has 108 valence electrons. The van der Waals surface area contributed by atoms with Crippen LogP contribution in [0.2, 0.25) is 0 Å². The molecule has 0 aliphatic carbocycles. The molecule has 5 nitrogen and oxygen atoms in total. The standard InChI is InChI=1S/C15H16FN5/c16-12-5-3-11(4-6-12)10-21-14(18)13(9-17)15(19-21)20-7-1-2-8-20/h3-6H,1-2,7-8,10,18H2. The third-order valence-corrected chi connectivity index (χ3v) is 3.74. The van der Waals surface area contributed by atoms with E-state index in [1.165, 1.54) is 12.1 Å². The van der Waals surface area contributed by atoms with E-state index in [0.717, 1.165) is 31.5 Å². The molecule has 3 rings (SSSR count). The number of halogens is 1. The van der Waals surface area contributed by atoms with Crippen LogP contribution in [0.15, 0.2) is 24.3 Å². The van der Waals surface area contributed by atoms with Gasteiger partial charge in [-0.2, -0.15) is 10.4 Å². The van der Waals surface area contributed by atoms with Gasteiger partial charge in [0.2, 0.25) is 0 Å². The van der Waals surface area contributed by atoms with Gasteiger partial charge in [-0.15, -0.1) is 0 Å². The smallest absolute Gasteiger partial charge is 0.170 e. The van der Waals surface area contributed by atoms with Crippen LogP contribution < -0.4 is 10.6 Å². The Kier molecular flexibility index (Phi) is 3.48. The highest BCUT2D eigenvalue weighted by molar-refractivity contribution is 5.65. The summed E-state index contributed by atoms with van der Waals surface area (Å²) in [5.74, 6) is 0.751. The molecule has 1 aromatic carbocycles. The molecule has 0 saturated carbocycles. The number of nitrogens with two attached hydrogens (primary N) is 1. The van der Waals surface area contributed by atoms with Crippen molar-refractivity contribution in [2.75, 3.05) is 23.7 Å². The molecule has 0 spiro atoms. The fourth-order valence-corrected chi connectivity index (χ4v) is 2.60. The van der Waals surface area contributed by atoms with Crippen LogP contribution in [0.25, 0.3) is 0 Å². The second-order valence-corrected chi connectivity index (χ2v) is 5.17. The van der Waals surface area contributed by atoms with Gasteiger partial charge in [0, 0.05) is 13.1 Å². The first-order chi connectivity index (χ1) is 10.2. The number of hydrogen-bond acceptors (Lipinski definition) is 4. The quantitative estimate of drug-likeness (QED) is 0.937. The van der Waals surface area contributed by atoms with Crippen LogP contribution in [-0.2, 0) is 6.54 Å². The zero-order valence-corrected chi connectivity index (χ0v) is 11.6. The maximum absolute atomic E-state index is 12.9. The van der Waals surface area contributed by atoms with E-state index < -0.39 is 0 Å². The molecule has 21 heavy (non-hydrogen) atoms. The van der Waals surface area contributed by atoms with Crippen LogP contribution in [0, 0.1) is 17.1 Å². The SMILES string of the molecule is N#Cc1c(N2CCCC2)nn(Cc2ccc(F)cc2)c1N. The lowest BCUT2D eigenvalue weighted by molar-refractivity contribution is 0.624. The minimum Gasteiger partial charge on any atom is -0.383 e. The molecule has 0 unspecified atom stereocenters. The molecule has 1 aliphatic rings. The maximum Gasteiger partial charge on any atom is 0.170 e. The number of nitriles is 1. The zero-order chi connectivity index (χ0) is 14.8. The van der Waals surface area contributed by atoms with Crippen molar-refractivity contribution in [2.45, 2.75) is 19.4 Å². The molecule has 1 saturated heterocycles. The van der Waals surface area contributed by atoms with Crippen LogP contribution in [0.5, 0.6) is 0 Å². The molecule has 1 aliphatic heterocycles. The van der Waals surface area contributed by atoms with Crippen molar-refractivity contribution in [3.8, 4) is 6.07 Å². The molecule has 0 atom stereocenters. The fourth-order valence-electron chi connectivity index (χ4n) is 2.60. The van der Waals surface area contributed by atoms with E-state index in [9.17, 15) is 9.65 Å². The summed E-state index contributed by atoms with van der Waals surface area (Å²) >= 11 is 0. The normalized spacial score (nSPS) is 14.4. The van der Waals surface area contributed by atoms with E-state index in [-0.39, 0.29) is 5.82 Å². The summed E-state index contributed by atoms with van der Waals surface area (Å²) in [5.41, 5.74) is 7.36. The van der Waals surface area contributed by atoms with Crippen molar-refractivity contribution in [1.29, 1.82) is 5.26 Å². The maximum atomic E-state index is 12.9. The van der Waals surface area contributed by atoms with E-state index in [2.05, 4.69) is 16.1 Å². The first-order valence-electron chi connectivity index (χ1n) is 6.95. The summed E-state index contributed by atoms with van der Waals surface area (Å²) < 4.78 is 14.5. The first kappa shape index (κ1) is 13.4. The number of aromatic nitrogens is 2. The van der Waals surface area contributed by atoms with Crippen LogP contribution in [0.3, 0.4) is 0 Å². The number of nitrogen functional groups attached to an aromatic ring is 1. The summed E-state index contributed by atoms with van der Waals surface area (Å²) in [7, 11) is 0. The van der Waals surface area contributed by atoms with Crippen molar-refractivity contribution >= 4 is 11.6 Å². The number of nitrogens with zero attached hydrogens (tertiary/aromatic N) is 4. The van der Waals surface area contributed by atoms with E-state index >= 15 is 0 Å². The van der Waals surface area contributed by atoms with Gasteiger partial charge in [0.05, 0.1) is 6.54 Å². The molecule has 1 aromatic heterocycles. The summed E-state index contributed by atoms with van der Waals surface area (Å²) in [5, 5.41) is 13.8. The lowest BCUT2D eigenvalue weighted by Crippen LogP contribution is -2.19. The van der Waals surface area contributed by atoms with E-state index in [0.29, 0.717) is 23.7 Å². The van der Waals surface area contributed by atoms with Crippen molar-refractivity contribution in [3.05, 3.63) is 41.2 Å². The van der Waals surface area contributed by atoms with Gasteiger partial charge < -0.3 is 10.6 Å². The van der Waals surface area contributed by atoms with Crippen LogP contribution in [0.4, 0.5) is 16.0 Å². The van der Waals surface area contributed by atoms with Crippen molar-refractivity contribution in [3.63, 3.8) is 0 Å². The fraction of sp³-hybridized carbons (Fsp3) is 0.333. The monoisotopic (exact) mass is 285 g/mol. The van der Waals surface area contributed by atoms with Gasteiger partial charge in [0.25, 0.3) is 0 Å². The topological polar surface area (TPSA) is 70.9 Å². The Hall–Kier alpha value is -2.55. The molecule has 6 heteroatoms. The molecule has 2 aromatic rings. The Bertz CT molecular complexity index is 677. The van der Waals surface area contributed by atoms with Crippen molar-refractivity contribution in [2.24, 2.45) is 0 Å².